The van der Waals surface area contributed by atoms with Crippen molar-refractivity contribution in [2.24, 2.45) is 57.0 Å². The van der Waals surface area contributed by atoms with Gasteiger partial charge < -0.3 is 34.9 Å². The smallest absolute Gasteiger partial charge is 0.303 e. The first-order chi connectivity index (χ1) is 24.6. The number of hydrogen-bond donors (Lipinski definition) is 3. The Bertz CT molecular complexity index is 1300. The van der Waals surface area contributed by atoms with Gasteiger partial charge in [-0.05, 0) is 123 Å². The summed E-state index contributed by atoms with van der Waals surface area (Å²) < 4.78 is 25.4. The molecular formula is C43H72N2O8. The maximum Gasteiger partial charge on any atom is 0.303 e. The van der Waals surface area contributed by atoms with Crippen LogP contribution >= 0.6 is 0 Å². The molecule has 0 bridgehead atoms. The highest BCUT2D eigenvalue weighted by Crippen LogP contribution is 2.89. The van der Waals surface area contributed by atoms with Crippen LogP contribution in [0.15, 0.2) is 0 Å². The molecule has 4 N–H and O–H groups in total. The standard InChI is InChI=1S/C37H60N2O7.2C2H2.CH4O.CH4/c1-21-36-15-14-35(7)24-8-10-26(32(34(5,6)42)44-22(2)40)45-27(24)18-25(35)23(36)9-11-28-33(3,4)29(12-13-37(21,28)36)46-31-20-39(16-17-43-31)19-30(38)41;3*1-2;/h21,23-29,31-32,42H,8-20H2,1-7H3,(H2,38,41);2*1-2H;2H,1H3;1H4/t21-,23-,24?,25?,26+,27?,28?,29-,31?,32-,35?,36-,37?;;;;/m0..../s1. The van der Waals surface area contributed by atoms with E-state index < -0.39 is 11.7 Å². The highest BCUT2D eigenvalue weighted by atomic mass is 16.7. The molecule has 0 aromatic rings. The Morgan fingerprint density at radius 3 is 2.21 bits per heavy atom. The molecule has 2 saturated heterocycles. The van der Waals surface area contributed by atoms with E-state index in [4.69, 9.17) is 29.8 Å². The molecule has 2 aliphatic heterocycles. The lowest BCUT2D eigenvalue weighted by Gasteiger charge is -2.60. The number of morpholine rings is 1. The highest BCUT2D eigenvalue weighted by molar-refractivity contribution is 5.75. The third-order valence-corrected chi connectivity index (χ3v) is 15.4. The molecule has 7 unspecified atom stereocenters. The van der Waals surface area contributed by atoms with Crippen LogP contribution in [0.25, 0.3) is 0 Å². The Morgan fingerprint density at radius 1 is 0.962 bits per heavy atom. The van der Waals surface area contributed by atoms with Gasteiger partial charge in [-0.15, -0.1) is 25.7 Å². The van der Waals surface area contributed by atoms with Crippen molar-refractivity contribution in [2.45, 2.75) is 150 Å². The predicted octanol–water partition coefficient (Wildman–Crippen LogP) is 5.41. The summed E-state index contributed by atoms with van der Waals surface area (Å²) in [6, 6.07) is 0. The first-order valence-electron chi connectivity index (χ1n) is 19.5. The van der Waals surface area contributed by atoms with Crippen LogP contribution in [0.3, 0.4) is 0 Å². The zero-order valence-corrected chi connectivity index (χ0v) is 33.1. The predicted molar refractivity (Wildman–Crippen MR) is 207 cm³/mol. The normalized spacial score (nSPS) is 42.3. The third-order valence-electron chi connectivity index (χ3n) is 15.4. The maximum atomic E-state index is 12.0. The molecule has 2 spiro atoms. The van der Waals surface area contributed by atoms with E-state index >= 15 is 0 Å². The van der Waals surface area contributed by atoms with Crippen molar-refractivity contribution in [3.63, 3.8) is 0 Å². The number of ether oxygens (including phenoxy) is 4. The van der Waals surface area contributed by atoms with E-state index in [0.29, 0.717) is 48.3 Å². The third kappa shape index (κ3) is 7.43. The molecule has 7 fully saturated rings. The summed E-state index contributed by atoms with van der Waals surface area (Å²) in [6.07, 6.45) is 25.5. The molecule has 5 saturated carbocycles. The topological polar surface area (TPSA) is 141 Å². The van der Waals surface area contributed by atoms with E-state index in [1.807, 2.05) is 0 Å². The summed E-state index contributed by atoms with van der Waals surface area (Å²) in [7, 11) is 1.00. The summed E-state index contributed by atoms with van der Waals surface area (Å²) in [6.45, 7) is 17.1. The van der Waals surface area contributed by atoms with Crippen molar-refractivity contribution in [2.75, 3.05) is 33.4 Å². The first kappa shape index (κ1) is 45.2. The number of nitrogens with two attached hydrogens (primary N) is 1. The Balaban J connectivity index is 0.00000103. The molecule has 7 rings (SSSR count). The molecule has 302 valence electrons. The van der Waals surface area contributed by atoms with E-state index in [1.165, 1.54) is 39.0 Å². The Morgan fingerprint density at radius 2 is 1.60 bits per heavy atom. The fourth-order valence-electron chi connectivity index (χ4n) is 13.6. The second-order valence-corrected chi connectivity index (χ2v) is 18.0. The van der Waals surface area contributed by atoms with Crippen molar-refractivity contribution in [1.82, 2.24) is 4.90 Å². The largest absolute Gasteiger partial charge is 0.457 e. The summed E-state index contributed by atoms with van der Waals surface area (Å²) in [5, 5.41) is 17.9. The fraction of sp³-hybridized carbons (Fsp3) is 0.860. The minimum Gasteiger partial charge on any atom is -0.457 e. The van der Waals surface area contributed by atoms with E-state index in [2.05, 4.69) is 58.3 Å². The maximum absolute atomic E-state index is 12.0. The zero-order chi connectivity index (χ0) is 39.0. The number of terminal acetylenes is 2. The lowest BCUT2D eigenvalue weighted by atomic mass is 9.46. The van der Waals surface area contributed by atoms with Gasteiger partial charge >= 0.3 is 5.97 Å². The Kier molecular flexibility index (Phi) is 14.4. The molecule has 1 amide bonds. The Labute approximate surface area is 321 Å². The van der Waals surface area contributed by atoms with Gasteiger partial charge in [0.25, 0.3) is 0 Å². The average molecular weight is 745 g/mol. The van der Waals surface area contributed by atoms with Crippen molar-refractivity contribution in [1.29, 1.82) is 0 Å². The number of rotatable bonds is 7. The number of carbonyl (C=O) groups excluding carboxylic acids is 2. The van der Waals surface area contributed by atoms with E-state index in [0.717, 1.165) is 44.6 Å². The average Bonchev–Trinajstić information content (AvgIpc) is 3.48. The molecule has 53 heavy (non-hydrogen) atoms. The first-order valence-corrected chi connectivity index (χ1v) is 19.5. The van der Waals surface area contributed by atoms with Crippen LogP contribution in [-0.4, -0.2) is 96.6 Å². The summed E-state index contributed by atoms with van der Waals surface area (Å²) in [4.78, 5) is 25.6. The van der Waals surface area contributed by atoms with Gasteiger partial charge in [-0.1, -0.05) is 35.1 Å². The molecule has 2 heterocycles. The van der Waals surface area contributed by atoms with Crippen molar-refractivity contribution < 1.29 is 38.7 Å². The number of aliphatic hydroxyl groups excluding tert-OH is 1. The highest BCUT2D eigenvalue weighted by Gasteiger charge is 2.84. The van der Waals surface area contributed by atoms with E-state index in [1.54, 1.807) is 13.8 Å². The van der Waals surface area contributed by atoms with Crippen molar-refractivity contribution in [3.05, 3.63) is 0 Å². The van der Waals surface area contributed by atoms with Crippen LogP contribution in [0.5, 0.6) is 0 Å². The summed E-state index contributed by atoms with van der Waals surface area (Å²) >= 11 is 0. The van der Waals surface area contributed by atoms with Crippen LogP contribution in [-0.2, 0) is 28.5 Å². The second-order valence-electron chi connectivity index (χ2n) is 18.0. The van der Waals surface area contributed by atoms with Gasteiger partial charge in [-0.2, -0.15) is 0 Å². The number of hydrogen-bond acceptors (Lipinski definition) is 9. The Hall–Kier alpha value is -2.18. The lowest BCUT2D eigenvalue weighted by Crippen LogP contribution is -2.56. The number of fused-ring (bicyclic) bond motifs is 4. The minimum atomic E-state index is -1.15. The summed E-state index contributed by atoms with van der Waals surface area (Å²) in [5.74, 6) is 2.58. The molecule has 10 nitrogen and oxygen atoms in total. The van der Waals surface area contributed by atoms with Crippen molar-refractivity contribution in [3.8, 4) is 25.7 Å². The van der Waals surface area contributed by atoms with Crippen LogP contribution in [0.2, 0.25) is 0 Å². The molecule has 10 heteroatoms. The van der Waals surface area contributed by atoms with Crippen LogP contribution in [0.4, 0.5) is 0 Å². The number of nitrogens with zero attached hydrogens (tertiary/aromatic N) is 1. The number of esters is 1. The van der Waals surface area contributed by atoms with Gasteiger partial charge in [0, 0.05) is 20.6 Å². The molecule has 0 aromatic carbocycles. The van der Waals surface area contributed by atoms with E-state index in [9.17, 15) is 14.7 Å². The van der Waals surface area contributed by atoms with Crippen LogP contribution in [0.1, 0.15) is 114 Å². The van der Waals surface area contributed by atoms with Gasteiger partial charge in [0.05, 0.1) is 43.6 Å². The van der Waals surface area contributed by atoms with Crippen LogP contribution in [0, 0.1) is 76.9 Å². The van der Waals surface area contributed by atoms with Gasteiger partial charge in [-0.3, -0.25) is 14.5 Å². The van der Waals surface area contributed by atoms with Gasteiger partial charge in [0.15, 0.2) is 12.4 Å². The SMILES string of the molecule is C.C#C.C#C.CC(=O)O[C@@H]([C@H]1CCC2C(CC3[C@@H]4CCC5C(C)(C)[C@@H](OC6CN(CC(N)=O)CCO6)CCC56[C@@H](C)[C@@]46CCC23C)O1)C(C)(C)O.CO. The van der Waals surface area contributed by atoms with Gasteiger partial charge in [0.2, 0.25) is 5.91 Å². The van der Waals surface area contributed by atoms with Gasteiger partial charge in [-0.25, -0.2) is 0 Å². The van der Waals surface area contributed by atoms with Crippen molar-refractivity contribution >= 4 is 11.9 Å². The number of primary amides is 1. The van der Waals surface area contributed by atoms with Crippen LogP contribution < -0.4 is 5.73 Å². The molecule has 7 aliphatic rings. The molecular weight excluding hydrogens is 672 g/mol. The quantitative estimate of drug-likeness (QED) is 0.231. The fourth-order valence-corrected chi connectivity index (χ4v) is 13.6. The lowest BCUT2D eigenvalue weighted by molar-refractivity contribution is -0.245. The zero-order valence-electron chi connectivity index (χ0n) is 33.1. The number of carbonyl (C=O) groups is 2. The minimum absolute atomic E-state index is 0. The number of amides is 1. The van der Waals surface area contributed by atoms with E-state index in [-0.39, 0.29) is 61.3 Å². The molecule has 5 aliphatic carbocycles. The molecule has 0 aromatic heterocycles. The molecule has 13 atom stereocenters. The number of aliphatic hydroxyl groups is 2. The second kappa shape index (κ2) is 16.9. The summed E-state index contributed by atoms with van der Waals surface area (Å²) in [5.41, 5.74) is 5.43. The monoisotopic (exact) mass is 745 g/mol. The molecule has 0 radical (unpaired) electrons. The van der Waals surface area contributed by atoms with Gasteiger partial charge in [0.1, 0.15) is 0 Å².